The maximum absolute atomic E-state index is 6.21. The van der Waals surface area contributed by atoms with Crippen LogP contribution in [0.2, 0.25) is 5.02 Å². The van der Waals surface area contributed by atoms with Crippen molar-refractivity contribution in [1.29, 1.82) is 0 Å². The Kier molecular flexibility index (Phi) is 5.34. The maximum atomic E-state index is 6.21. The Morgan fingerprint density at radius 3 is 2.74 bits per heavy atom. The van der Waals surface area contributed by atoms with Crippen LogP contribution < -0.4 is 10.1 Å². The molecule has 19 heavy (non-hydrogen) atoms. The zero-order chi connectivity index (χ0) is 13.7. The van der Waals surface area contributed by atoms with E-state index < -0.39 is 0 Å². The second-order valence-electron chi connectivity index (χ2n) is 5.25. The van der Waals surface area contributed by atoms with Crippen molar-refractivity contribution in [3.05, 3.63) is 23.2 Å². The summed E-state index contributed by atoms with van der Waals surface area (Å²) in [5.74, 6) is 1.44. The predicted molar refractivity (Wildman–Crippen MR) is 79.2 cm³/mol. The van der Waals surface area contributed by atoms with Gasteiger partial charge in [0.15, 0.2) is 0 Å². The van der Waals surface area contributed by atoms with Crippen molar-refractivity contribution >= 4 is 17.3 Å². The van der Waals surface area contributed by atoms with E-state index in [4.69, 9.17) is 21.1 Å². The summed E-state index contributed by atoms with van der Waals surface area (Å²) in [6.07, 6.45) is 2.41. The molecule has 1 aromatic carbocycles. The van der Waals surface area contributed by atoms with Crippen LogP contribution in [0.5, 0.6) is 5.75 Å². The molecule has 2 rings (SSSR count). The van der Waals surface area contributed by atoms with Crippen molar-refractivity contribution in [2.75, 3.05) is 25.1 Å². The Bertz CT molecular complexity index is 403. The first-order chi connectivity index (χ1) is 9.15. The number of halogens is 1. The van der Waals surface area contributed by atoms with Gasteiger partial charge in [-0.2, -0.15) is 0 Å². The highest BCUT2D eigenvalue weighted by atomic mass is 35.5. The van der Waals surface area contributed by atoms with Crippen LogP contribution in [0.4, 0.5) is 5.69 Å². The Labute approximate surface area is 120 Å². The lowest BCUT2D eigenvalue weighted by Crippen LogP contribution is -2.22. The van der Waals surface area contributed by atoms with Crippen LogP contribution in [0.25, 0.3) is 0 Å². The summed E-state index contributed by atoms with van der Waals surface area (Å²) in [5, 5.41) is 4.10. The Balaban J connectivity index is 1.88. The summed E-state index contributed by atoms with van der Waals surface area (Å²) in [6.45, 7) is 6.73. The quantitative estimate of drug-likeness (QED) is 0.887. The summed E-state index contributed by atoms with van der Waals surface area (Å²) >= 11 is 6.21. The van der Waals surface area contributed by atoms with E-state index in [2.05, 4.69) is 5.32 Å². The fourth-order valence-corrected chi connectivity index (χ4v) is 2.40. The van der Waals surface area contributed by atoms with Gasteiger partial charge in [0.05, 0.1) is 11.1 Å². The molecule has 1 fully saturated rings. The molecular formula is C15H22ClNO2. The lowest BCUT2D eigenvalue weighted by molar-refractivity contribution is 0.0699. The predicted octanol–water partition coefficient (Wildman–Crippen LogP) is 3.97. The van der Waals surface area contributed by atoms with Gasteiger partial charge in [-0.15, -0.1) is 0 Å². The van der Waals surface area contributed by atoms with Gasteiger partial charge in [-0.05, 0) is 50.8 Å². The molecule has 106 valence electrons. The fourth-order valence-electron chi connectivity index (χ4n) is 2.17. The molecule has 1 aliphatic heterocycles. The van der Waals surface area contributed by atoms with E-state index in [9.17, 15) is 0 Å². The van der Waals surface area contributed by atoms with Gasteiger partial charge in [0.1, 0.15) is 5.75 Å². The topological polar surface area (TPSA) is 30.5 Å². The molecule has 1 heterocycles. The Morgan fingerprint density at radius 1 is 1.37 bits per heavy atom. The summed E-state index contributed by atoms with van der Waals surface area (Å²) in [7, 11) is 0. The molecule has 1 saturated heterocycles. The van der Waals surface area contributed by atoms with Gasteiger partial charge in [0.2, 0.25) is 0 Å². The van der Waals surface area contributed by atoms with Crippen molar-refractivity contribution in [2.24, 2.45) is 5.92 Å². The van der Waals surface area contributed by atoms with Crippen molar-refractivity contribution in [2.45, 2.75) is 32.8 Å². The van der Waals surface area contributed by atoms with E-state index in [-0.39, 0.29) is 6.10 Å². The Morgan fingerprint density at radius 2 is 2.11 bits per heavy atom. The molecule has 0 unspecified atom stereocenters. The van der Waals surface area contributed by atoms with E-state index in [0.29, 0.717) is 10.9 Å². The minimum Gasteiger partial charge on any atom is -0.489 e. The van der Waals surface area contributed by atoms with Crippen LogP contribution in [-0.4, -0.2) is 25.9 Å². The summed E-state index contributed by atoms with van der Waals surface area (Å²) in [6, 6.07) is 5.87. The van der Waals surface area contributed by atoms with E-state index in [1.807, 2.05) is 32.0 Å². The standard InChI is InChI=1S/C15H22ClNO2/c1-11(2)19-15-4-3-13(9-14(15)16)17-10-12-5-7-18-8-6-12/h3-4,9,11-12,17H,5-8,10H2,1-2H3. The summed E-state index contributed by atoms with van der Waals surface area (Å²) in [4.78, 5) is 0. The van der Waals surface area contributed by atoms with E-state index in [0.717, 1.165) is 44.0 Å². The molecule has 0 amide bonds. The largest absolute Gasteiger partial charge is 0.489 e. The molecule has 0 saturated carbocycles. The molecule has 0 radical (unpaired) electrons. The minimum atomic E-state index is 0.138. The van der Waals surface area contributed by atoms with Crippen LogP contribution in [0, 0.1) is 5.92 Å². The van der Waals surface area contributed by atoms with Crippen LogP contribution in [0.1, 0.15) is 26.7 Å². The lowest BCUT2D eigenvalue weighted by Gasteiger charge is -2.22. The third-order valence-corrected chi connectivity index (χ3v) is 3.53. The molecule has 0 bridgehead atoms. The van der Waals surface area contributed by atoms with Crippen molar-refractivity contribution in [1.82, 2.24) is 0 Å². The maximum Gasteiger partial charge on any atom is 0.138 e. The summed E-state index contributed by atoms with van der Waals surface area (Å²) in [5.41, 5.74) is 1.05. The first-order valence-corrected chi connectivity index (χ1v) is 7.31. The van der Waals surface area contributed by atoms with Gasteiger partial charge in [-0.1, -0.05) is 11.6 Å². The molecule has 0 aliphatic carbocycles. The number of hydrogen-bond acceptors (Lipinski definition) is 3. The van der Waals surface area contributed by atoms with Crippen LogP contribution in [0.3, 0.4) is 0 Å². The highest BCUT2D eigenvalue weighted by Gasteiger charge is 2.13. The lowest BCUT2D eigenvalue weighted by atomic mass is 10.0. The monoisotopic (exact) mass is 283 g/mol. The van der Waals surface area contributed by atoms with Crippen molar-refractivity contribution < 1.29 is 9.47 Å². The van der Waals surface area contributed by atoms with Crippen LogP contribution in [-0.2, 0) is 4.74 Å². The first-order valence-electron chi connectivity index (χ1n) is 6.93. The number of ether oxygens (including phenoxy) is 2. The smallest absolute Gasteiger partial charge is 0.138 e. The van der Waals surface area contributed by atoms with E-state index >= 15 is 0 Å². The summed E-state index contributed by atoms with van der Waals surface area (Å²) < 4.78 is 11.0. The molecule has 0 atom stereocenters. The average molecular weight is 284 g/mol. The first kappa shape index (κ1) is 14.5. The normalized spacial score (nSPS) is 16.6. The molecular weight excluding hydrogens is 262 g/mol. The molecule has 3 nitrogen and oxygen atoms in total. The third kappa shape index (κ3) is 4.59. The highest BCUT2D eigenvalue weighted by Crippen LogP contribution is 2.28. The van der Waals surface area contributed by atoms with E-state index in [1.54, 1.807) is 0 Å². The van der Waals surface area contributed by atoms with E-state index in [1.165, 1.54) is 0 Å². The average Bonchev–Trinajstić information content (AvgIpc) is 2.40. The third-order valence-electron chi connectivity index (χ3n) is 3.23. The Hall–Kier alpha value is -0.930. The number of nitrogens with one attached hydrogen (secondary N) is 1. The second kappa shape index (κ2) is 7.01. The zero-order valence-electron chi connectivity index (χ0n) is 11.6. The molecule has 1 aliphatic rings. The molecule has 4 heteroatoms. The second-order valence-corrected chi connectivity index (χ2v) is 5.66. The number of anilines is 1. The molecule has 0 spiro atoms. The fraction of sp³-hybridized carbons (Fsp3) is 0.600. The number of benzene rings is 1. The highest BCUT2D eigenvalue weighted by molar-refractivity contribution is 6.32. The zero-order valence-corrected chi connectivity index (χ0v) is 12.4. The minimum absolute atomic E-state index is 0.138. The number of rotatable bonds is 5. The van der Waals surface area contributed by atoms with Crippen LogP contribution in [0.15, 0.2) is 18.2 Å². The van der Waals surface area contributed by atoms with Crippen molar-refractivity contribution in [3.8, 4) is 5.75 Å². The number of hydrogen-bond donors (Lipinski definition) is 1. The SMILES string of the molecule is CC(C)Oc1ccc(NCC2CCOCC2)cc1Cl. The van der Waals surface area contributed by atoms with Gasteiger partial charge in [-0.25, -0.2) is 0 Å². The van der Waals surface area contributed by atoms with Gasteiger partial charge in [0, 0.05) is 25.4 Å². The van der Waals surface area contributed by atoms with Gasteiger partial charge in [-0.3, -0.25) is 0 Å². The van der Waals surface area contributed by atoms with Crippen LogP contribution >= 0.6 is 11.6 Å². The molecule has 1 N–H and O–H groups in total. The van der Waals surface area contributed by atoms with Gasteiger partial charge >= 0.3 is 0 Å². The molecule has 1 aromatic rings. The van der Waals surface area contributed by atoms with Gasteiger partial charge in [0.25, 0.3) is 0 Å². The van der Waals surface area contributed by atoms with Crippen molar-refractivity contribution in [3.63, 3.8) is 0 Å². The van der Waals surface area contributed by atoms with Gasteiger partial charge < -0.3 is 14.8 Å². The molecule has 0 aromatic heterocycles.